The highest BCUT2D eigenvalue weighted by molar-refractivity contribution is 7.22. The average molecular weight is 312 g/mol. The van der Waals surface area contributed by atoms with Gasteiger partial charge in [-0.05, 0) is 30.3 Å². The van der Waals surface area contributed by atoms with Gasteiger partial charge in [-0.25, -0.2) is 4.98 Å². The molecule has 0 fully saturated rings. The number of nitrogens with zero attached hydrogens (tertiary/aromatic N) is 2. The lowest BCUT2D eigenvalue weighted by atomic mass is 10.2. The summed E-state index contributed by atoms with van der Waals surface area (Å²) in [6.45, 7) is 1.43. The van der Waals surface area contributed by atoms with Crippen LogP contribution in [0.1, 0.15) is 17.3 Å². The first-order valence-corrected chi connectivity index (χ1v) is 7.33. The second-order valence-corrected chi connectivity index (χ2v) is 5.61. The molecule has 0 aliphatic heterocycles. The summed E-state index contributed by atoms with van der Waals surface area (Å²) in [5, 5.41) is 5.94. The number of benzene rings is 1. The molecule has 0 saturated carbocycles. The number of carbonyl (C=O) groups is 2. The quantitative estimate of drug-likeness (QED) is 0.779. The number of thiazole rings is 1. The molecule has 22 heavy (non-hydrogen) atoms. The minimum absolute atomic E-state index is 0.173. The Morgan fingerprint density at radius 3 is 2.77 bits per heavy atom. The van der Waals surface area contributed by atoms with Crippen LogP contribution in [-0.4, -0.2) is 21.8 Å². The maximum absolute atomic E-state index is 12.2. The smallest absolute Gasteiger partial charge is 0.255 e. The molecule has 0 aliphatic rings. The number of fused-ring (bicyclic) bond motifs is 1. The zero-order chi connectivity index (χ0) is 15.5. The van der Waals surface area contributed by atoms with E-state index in [0.29, 0.717) is 16.4 Å². The third-order valence-corrected chi connectivity index (χ3v) is 3.79. The van der Waals surface area contributed by atoms with Gasteiger partial charge in [0.2, 0.25) is 5.91 Å². The van der Waals surface area contributed by atoms with Crippen LogP contribution in [0.25, 0.3) is 10.2 Å². The summed E-state index contributed by atoms with van der Waals surface area (Å²) in [7, 11) is 0. The molecule has 0 spiro atoms. The summed E-state index contributed by atoms with van der Waals surface area (Å²) in [4.78, 5) is 31.5. The van der Waals surface area contributed by atoms with Gasteiger partial charge in [-0.1, -0.05) is 11.3 Å². The number of hydrogen-bond donors (Lipinski definition) is 2. The first kappa shape index (κ1) is 14.2. The van der Waals surface area contributed by atoms with Crippen LogP contribution in [0.15, 0.2) is 42.7 Å². The van der Waals surface area contributed by atoms with E-state index in [1.165, 1.54) is 18.3 Å². The lowest BCUT2D eigenvalue weighted by Crippen LogP contribution is -2.11. The van der Waals surface area contributed by atoms with Gasteiger partial charge < -0.3 is 10.6 Å². The first-order valence-electron chi connectivity index (χ1n) is 6.51. The number of anilines is 2. The first-order chi connectivity index (χ1) is 10.6. The molecule has 3 rings (SSSR count). The van der Waals surface area contributed by atoms with E-state index in [4.69, 9.17) is 0 Å². The van der Waals surface area contributed by atoms with Crippen LogP contribution in [0, 0.1) is 0 Å². The maximum atomic E-state index is 12.2. The van der Waals surface area contributed by atoms with Gasteiger partial charge in [0, 0.05) is 18.7 Å². The van der Waals surface area contributed by atoms with Crippen LogP contribution in [0.2, 0.25) is 0 Å². The molecule has 2 heterocycles. The Morgan fingerprint density at radius 2 is 2.05 bits per heavy atom. The summed E-state index contributed by atoms with van der Waals surface area (Å²) in [6.07, 6.45) is 3.22. The normalized spacial score (nSPS) is 10.4. The van der Waals surface area contributed by atoms with Crippen LogP contribution in [-0.2, 0) is 4.79 Å². The number of hydrogen-bond acceptors (Lipinski definition) is 5. The Balaban J connectivity index is 1.84. The number of nitrogens with one attached hydrogen (secondary N) is 2. The van der Waals surface area contributed by atoms with Gasteiger partial charge in [0.15, 0.2) is 5.13 Å². The van der Waals surface area contributed by atoms with E-state index in [1.807, 2.05) is 0 Å². The van der Waals surface area contributed by atoms with Gasteiger partial charge in [0.05, 0.1) is 22.1 Å². The second kappa shape index (κ2) is 5.90. The Hall–Kier alpha value is -2.80. The summed E-state index contributed by atoms with van der Waals surface area (Å²) in [6, 6.07) is 8.73. The molecule has 2 aromatic heterocycles. The van der Waals surface area contributed by atoms with Gasteiger partial charge in [0.25, 0.3) is 5.91 Å². The molecule has 3 aromatic rings. The van der Waals surface area contributed by atoms with Crippen molar-refractivity contribution < 1.29 is 9.59 Å². The average Bonchev–Trinajstić information content (AvgIpc) is 2.88. The monoisotopic (exact) mass is 312 g/mol. The van der Waals surface area contributed by atoms with Crippen LogP contribution in [0.3, 0.4) is 0 Å². The number of carbonyl (C=O) groups excluding carboxylic acids is 2. The second-order valence-electron chi connectivity index (χ2n) is 4.58. The summed E-state index contributed by atoms with van der Waals surface area (Å²) in [5.41, 5.74) is 1.90. The van der Waals surface area contributed by atoms with Gasteiger partial charge in [0.1, 0.15) is 0 Å². The molecular formula is C15H12N4O2S. The lowest BCUT2D eigenvalue weighted by Gasteiger charge is -2.04. The van der Waals surface area contributed by atoms with Crippen molar-refractivity contribution in [1.82, 2.24) is 9.97 Å². The molecule has 7 heteroatoms. The van der Waals surface area contributed by atoms with Crippen molar-refractivity contribution in [2.45, 2.75) is 6.92 Å². The molecule has 2 amide bonds. The summed E-state index contributed by atoms with van der Waals surface area (Å²) < 4.78 is 0.836. The highest BCUT2D eigenvalue weighted by atomic mass is 32.1. The van der Waals surface area contributed by atoms with Crippen molar-refractivity contribution in [3.63, 3.8) is 0 Å². The number of aromatic nitrogens is 2. The highest BCUT2D eigenvalue weighted by Crippen LogP contribution is 2.27. The van der Waals surface area contributed by atoms with E-state index < -0.39 is 0 Å². The molecule has 0 radical (unpaired) electrons. The van der Waals surface area contributed by atoms with Crippen LogP contribution in [0.5, 0.6) is 0 Å². The zero-order valence-corrected chi connectivity index (χ0v) is 12.5. The van der Waals surface area contributed by atoms with Crippen LogP contribution >= 0.6 is 11.3 Å². The van der Waals surface area contributed by atoms with E-state index in [0.717, 1.165) is 10.2 Å². The summed E-state index contributed by atoms with van der Waals surface area (Å²) in [5.74, 6) is -0.391. The van der Waals surface area contributed by atoms with E-state index >= 15 is 0 Å². The van der Waals surface area contributed by atoms with Crippen molar-refractivity contribution in [2.24, 2.45) is 0 Å². The van der Waals surface area contributed by atoms with Gasteiger partial charge >= 0.3 is 0 Å². The topological polar surface area (TPSA) is 84.0 Å². The minimum atomic E-state index is -0.218. The van der Waals surface area contributed by atoms with Gasteiger partial charge in [-0.15, -0.1) is 0 Å². The van der Waals surface area contributed by atoms with E-state index in [-0.39, 0.29) is 11.8 Å². The molecule has 0 aliphatic carbocycles. The lowest BCUT2D eigenvalue weighted by molar-refractivity contribution is -0.114. The van der Waals surface area contributed by atoms with Crippen LogP contribution in [0.4, 0.5) is 10.8 Å². The Labute approximate surface area is 130 Å². The predicted molar refractivity (Wildman–Crippen MR) is 86.1 cm³/mol. The third kappa shape index (κ3) is 3.09. The molecule has 0 saturated heterocycles. The highest BCUT2D eigenvalue weighted by Gasteiger charge is 2.10. The van der Waals surface area contributed by atoms with E-state index in [1.54, 1.807) is 42.7 Å². The van der Waals surface area contributed by atoms with Crippen molar-refractivity contribution in [3.8, 4) is 0 Å². The fraction of sp³-hybridized carbons (Fsp3) is 0.0667. The number of amides is 2. The Bertz CT molecular complexity index is 845. The molecule has 0 bridgehead atoms. The molecule has 2 N–H and O–H groups in total. The van der Waals surface area contributed by atoms with Crippen molar-refractivity contribution in [2.75, 3.05) is 10.6 Å². The number of rotatable bonds is 3. The largest absolute Gasteiger partial charge is 0.321 e. The standard InChI is InChI=1S/C15H12N4O2S/c1-9(20)17-15-19-12-5-4-10(7-13(12)22-15)14(21)18-11-3-2-6-16-8-11/h2-8H,1H3,(H,18,21)(H,17,19,20). The SMILES string of the molecule is CC(=O)Nc1nc2ccc(C(=O)Nc3cccnc3)cc2s1. The summed E-state index contributed by atoms with van der Waals surface area (Å²) >= 11 is 1.33. The zero-order valence-electron chi connectivity index (χ0n) is 11.7. The molecule has 6 nitrogen and oxygen atoms in total. The molecule has 110 valence electrons. The van der Waals surface area contributed by atoms with Crippen molar-refractivity contribution in [3.05, 3.63) is 48.3 Å². The predicted octanol–water partition coefficient (Wildman–Crippen LogP) is 2.90. The van der Waals surface area contributed by atoms with Crippen molar-refractivity contribution in [1.29, 1.82) is 0 Å². The fourth-order valence-corrected chi connectivity index (χ4v) is 2.86. The molecule has 0 atom stereocenters. The number of pyridine rings is 1. The van der Waals surface area contributed by atoms with Crippen LogP contribution < -0.4 is 10.6 Å². The third-order valence-electron chi connectivity index (χ3n) is 2.85. The fourth-order valence-electron chi connectivity index (χ4n) is 1.91. The maximum Gasteiger partial charge on any atom is 0.255 e. The van der Waals surface area contributed by atoms with Crippen molar-refractivity contribution >= 4 is 44.2 Å². The van der Waals surface area contributed by atoms with E-state index in [2.05, 4.69) is 20.6 Å². The molecule has 1 aromatic carbocycles. The van der Waals surface area contributed by atoms with Gasteiger partial charge in [-0.3, -0.25) is 14.6 Å². The molecule has 0 unspecified atom stereocenters. The molecular weight excluding hydrogens is 300 g/mol. The minimum Gasteiger partial charge on any atom is -0.321 e. The Morgan fingerprint density at radius 1 is 1.18 bits per heavy atom. The van der Waals surface area contributed by atoms with Gasteiger partial charge in [-0.2, -0.15) is 0 Å². The van der Waals surface area contributed by atoms with E-state index in [9.17, 15) is 9.59 Å². The Kier molecular flexibility index (Phi) is 3.80.